The molecule has 6 nitrogen and oxygen atoms in total. The smallest absolute Gasteiger partial charge is 0.315 e. The normalized spacial score (nSPS) is 14.3. The van der Waals surface area contributed by atoms with Gasteiger partial charge in [-0.1, -0.05) is 41.9 Å². The van der Waals surface area contributed by atoms with E-state index in [1.165, 1.54) is 0 Å². The van der Waals surface area contributed by atoms with Gasteiger partial charge in [-0.05, 0) is 48.6 Å². The van der Waals surface area contributed by atoms with Gasteiger partial charge >= 0.3 is 6.03 Å². The number of nitrogens with zero attached hydrogens (tertiary/aromatic N) is 1. The molecule has 0 unspecified atom stereocenters. The van der Waals surface area contributed by atoms with E-state index in [-0.39, 0.29) is 18.5 Å². The van der Waals surface area contributed by atoms with Crippen molar-refractivity contribution in [3.05, 3.63) is 65.2 Å². The van der Waals surface area contributed by atoms with Crippen molar-refractivity contribution in [2.75, 3.05) is 26.2 Å². The number of hydrogen-bond donors (Lipinski definition) is 2. The van der Waals surface area contributed by atoms with Gasteiger partial charge in [-0.3, -0.25) is 4.79 Å². The first-order valence-electron chi connectivity index (χ1n) is 9.82. The minimum atomic E-state index is -0.185. The Morgan fingerprint density at radius 1 is 1.00 bits per heavy atom. The number of hydrogen-bond acceptors (Lipinski definition) is 3. The first kappa shape index (κ1) is 21.0. The Morgan fingerprint density at radius 3 is 2.38 bits per heavy atom. The van der Waals surface area contributed by atoms with E-state index < -0.39 is 0 Å². The summed E-state index contributed by atoms with van der Waals surface area (Å²) in [7, 11) is 0. The molecule has 2 aromatic carbocycles. The van der Waals surface area contributed by atoms with E-state index in [0.29, 0.717) is 42.9 Å². The summed E-state index contributed by atoms with van der Waals surface area (Å²) in [6.07, 6.45) is 1.74. The van der Waals surface area contributed by atoms with Gasteiger partial charge in [0.15, 0.2) is 6.61 Å². The van der Waals surface area contributed by atoms with Gasteiger partial charge in [-0.15, -0.1) is 0 Å². The molecule has 0 aromatic heterocycles. The minimum Gasteiger partial charge on any atom is -0.484 e. The van der Waals surface area contributed by atoms with Crippen molar-refractivity contribution in [2.45, 2.75) is 19.4 Å². The zero-order valence-electron chi connectivity index (χ0n) is 16.3. The van der Waals surface area contributed by atoms with Crippen LogP contribution in [-0.2, 0) is 11.3 Å². The van der Waals surface area contributed by atoms with Crippen LogP contribution in [0.1, 0.15) is 18.4 Å². The van der Waals surface area contributed by atoms with Crippen LogP contribution in [0.5, 0.6) is 5.75 Å². The number of benzene rings is 2. The Bertz CT molecular complexity index is 791. The fraction of sp³-hybridized carbons (Fsp3) is 0.364. The van der Waals surface area contributed by atoms with E-state index in [4.69, 9.17) is 16.3 Å². The fourth-order valence-electron chi connectivity index (χ4n) is 3.22. The molecular formula is C22H26ClN3O3. The van der Waals surface area contributed by atoms with E-state index in [9.17, 15) is 9.59 Å². The van der Waals surface area contributed by atoms with Crippen molar-refractivity contribution in [2.24, 2.45) is 5.92 Å². The van der Waals surface area contributed by atoms with E-state index in [1.807, 2.05) is 47.4 Å². The number of rotatable bonds is 7. The lowest BCUT2D eigenvalue weighted by Crippen LogP contribution is -2.44. The van der Waals surface area contributed by atoms with Gasteiger partial charge in [0.05, 0.1) is 0 Å². The molecule has 154 valence electrons. The molecule has 0 saturated carbocycles. The number of ether oxygens (including phenoxy) is 1. The molecule has 1 aliphatic heterocycles. The molecular weight excluding hydrogens is 390 g/mol. The quantitative estimate of drug-likeness (QED) is 0.727. The standard InChI is InChI=1S/C22H26ClN3O3/c23-19-8-6-17(7-9-19)14-24-22(28)25-15-18-10-12-26(13-11-18)21(27)16-29-20-4-2-1-3-5-20/h1-9,18H,10-16H2,(H2,24,25,28). The van der Waals surface area contributed by atoms with Gasteiger partial charge in [-0.25, -0.2) is 4.79 Å². The van der Waals surface area contributed by atoms with Crippen molar-refractivity contribution in [3.8, 4) is 5.75 Å². The van der Waals surface area contributed by atoms with Gasteiger partial charge < -0.3 is 20.3 Å². The first-order valence-corrected chi connectivity index (χ1v) is 10.2. The van der Waals surface area contributed by atoms with Crippen LogP contribution in [0.3, 0.4) is 0 Å². The number of amides is 3. The lowest BCUT2D eigenvalue weighted by atomic mass is 9.97. The lowest BCUT2D eigenvalue weighted by molar-refractivity contribution is -0.134. The molecule has 0 spiro atoms. The van der Waals surface area contributed by atoms with Gasteiger partial charge in [0, 0.05) is 31.2 Å². The molecule has 1 saturated heterocycles. The topological polar surface area (TPSA) is 70.7 Å². The summed E-state index contributed by atoms with van der Waals surface area (Å²) in [5.74, 6) is 1.07. The molecule has 2 N–H and O–H groups in total. The van der Waals surface area contributed by atoms with Crippen LogP contribution in [0.15, 0.2) is 54.6 Å². The summed E-state index contributed by atoms with van der Waals surface area (Å²) in [5, 5.41) is 6.44. The van der Waals surface area contributed by atoms with Crippen LogP contribution in [0.4, 0.5) is 4.79 Å². The molecule has 0 radical (unpaired) electrons. The molecule has 3 amide bonds. The van der Waals surface area contributed by atoms with Gasteiger partial charge in [0.25, 0.3) is 5.91 Å². The summed E-state index contributed by atoms with van der Waals surface area (Å²) in [5.41, 5.74) is 0.995. The summed E-state index contributed by atoms with van der Waals surface area (Å²) < 4.78 is 5.53. The monoisotopic (exact) mass is 415 g/mol. The van der Waals surface area contributed by atoms with Crippen LogP contribution in [0, 0.1) is 5.92 Å². The second-order valence-corrected chi connectivity index (χ2v) is 7.55. The number of urea groups is 1. The summed E-state index contributed by atoms with van der Waals surface area (Å²) in [4.78, 5) is 26.1. The molecule has 0 bridgehead atoms. The molecule has 0 atom stereocenters. The number of halogens is 1. The average molecular weight is 416 g/mol. The zero-order valence-corrected chi connectivity index (χ0v) is 17.0. The highest BCUT2D eigenvalue weighted by atomic mass is 35.5. The third kappa shape index (κ3) is 6.98. The maximum Gasteiger partial charge on any atom is 0.315 e. The van der Waals surface area contributed by atoms with E-state index >= 15 is 0 Å². The van der Waals surface area contributed by atoms with E-state index in [2.05, 4.69) is 10.6 Å². The second kappa shape index (κ2) is 10.7. The van der Waals surface area contributed by atoms with Gasteiger partial charge in [0.1, 0.15) is 5.75 Å². The Morgan fingerprint density at radius 2 is 1.69 bits per heavy atom. The Hall–Kier alpha value is -2.73. The number of carbonyl (C=O) groups is 2. The Labute approximate surface area is 176 Å². The van der Waals surface area contributed by atoms with Crippen LogP contribution < -0.4 is 15.4 Å². The van der Waals surface area contributed by atoms with E-state index in [1.54, 1.807) is 12.1 Å². The summed E-state index contributed by atoms with van der Waals surface area (Å²) >= 11 is 5.85. The molecule has 0 aliphatic carbocycles. The minimum absolute atomic E-state index is 0.000898. The number of nitrogens with one attached hydrogen (secondary N) is 2. The van der Waals surface area contributed by atoms with Crippen LogP contribution in [-0.4, -0.2) is 43.1 Å². The van der Waals surface area contributed by atoms with Crippen LogP contribution >= 0.6 is 11.6 Å². The summed E-state index contributed by atoms with van der Waals surface area (Å²) in [6, 6.07) is 16.5. The number of piperidine rings is 1. The number of likely N-dealkylation sites (tertiary alicyclic amines) is 1. The highest BCUT2D eigenvalue weighted by Crippen LogP contribution is 2.17. The highest BCUT2D eigenvalue weighted by molar-refractivity contribution is 6.30. The molecule has 1 heterocycles. The predicted molar refractivity (Wildman–Crippen MR) is 113 cm³/mol. The fourth-order valence-corrected chi connectivity index (χ4v) is 3.35. The number of carbonyl (C=O) groups excluding carboxylic acids is 2. The highest BCUT2D eigenvalue weighted by Gasteiger charge is 2.23. The van der Waals surface area contributed by atoms with Crippen molar-refractivity contribution in [1.29, 1.82) is 0 Å². The molecule has 7 heteroatoms. The van der Waals surface area contributed by atoms with Crippen molar-refractivity contribution in [3.63, 3.8) is 0 Å². The third-order valence-corrected chi connectivity index (χ3v) is 5.24. The van der Waals surface area contributed by atoms with Crippen molar-refractivity contribution < 1.29 is 14.3 Å². The van der Waals surface area contributed by atoms with Crippen LogP contribution in [0.25, 0.3) is 0 Å². The SMILES string of the molecule is O=C(NCc1ccc(Cl)cc1)NCC1CCN(C(=O)COc2ccccc2)CC1. The molecule has 2 aromatic rings. The maximum absolute atomic E-state index is 12.3. The van der Waals surface area contributed by atoms with Crippen molar-refractivity contribution in [1.82, 2.24) is 15.5 Å². The van der Waals surface area contributed by atoms with E-state index in [0.717, 1.165) is 18.4 Å². The molecule has 29 heavy (non-hydrogen) atoms. The van der Waals surface area contributed by atoms with Gasteiger partial charge in [-0.2, -0.15) is 0 Å². The van der Waals surface area contributed by atoms with Crippen molar-refractivity contribution >= 4 is 23.5 Å². The second-order valence-electron chi connectivity index (χ2n) is 7.12. The zero-order chi connectivity index (χ0) is 20.5. The summed E-state index contributed by atoms with van der Waals surface area (Å²) in [6.45, 7) is 2.50. The first-order chi connectivity index (χ1) is 14.1. The predicted octanol–water partition coefficient (Wildman–Crippen LogP) is 3.46. The number of para-hydroxylation sites is 1. The van der Waals surface area contributed by atoms with Crippen LogP contribution in [0.2, 0.25) is 5.02 Å². The Balaban J connectivity index is 1.30. The third-order valence-electron chi connectivity index (χ3n) is 4.99. The largest absolute Gasteiger partial charge is 0.484 e. The molecule has 3 rings (SSSR count). The molecule has 1 fully saturated rings. The Kier molecular flexibility index (Phi) is 7.76. The lowest BCUT2D eigenvalue weighted by Gasteiger charge is -2.32. The maximum atomic E-state index is 12.3. The molecule has 1 aliphatic rings. The average Bonchev–Trinajstić information content (AvgIpc) is 2.76. The van der Waals surface area contributed by atoms with Gasteiger partial charge in [0.2, 0.25) is 0 Å².